The van der Waals surface area contributed by atoms with Crippen LogP contribution in [-0.4, -0.2) is 32.3 Å². The normalized spacial score (nSPS) is 11.8. The SMILES string of the molecule is C=CCn1c(SCC(=O)Nc2ccccc2C)nnc1[C@H](NC(=O)c1cccc(C)c1)C(C)C. The third-order valence-electron chi connectivity index (χ3n) is 5.32. The molecule has 1 atom stereocenters. The molecule has 178 valence electrons. The van der Waals surface area contributed by atoms with Crippen LogP contribution in [-0.2, 0) is 11.3 Å². The molecule has 0 radical (unpaired) electrons. The van der Waals surface area contributed by atoms with Crippen LogP contribution >= 0.6 is 11.8 Å². The van der Waals surface area contributed by atoms with Crippen molar-refractivity contribution in [3.8, 4) is 0 Å². The molecule has 0 fully saturated rings. The lowest BCUT2D eigenvalue weighted by Crippen LogP contribution is -2.34. The van der Waals surface area contributed by atoms with Crippen molar-refractivity contribution in [2.24, 2.45) is 5.92 Å². The summed E-state index contributed by atoms with van der Waals surface area (Å²) in [7, 11) is 0. The van der Waals surface area contributed by atoms with E-state index >= 15 is 0 Å². The summed E-state index contributed by atoms with van der Waals surface area (Å²) < 4.78 is 1.90. The minimum absolute atomic E-state index is 0.0729. The standard InChI is InChI=1S/C26H31N5O2S/c1-6-14-31-24(23(17(2)3)28-25(33)20-12-9-10-18(4)15-20)29-30-26(31)34-16-22(32)27-21-13-8-7-11-19(21)5/h6-13,15,17,23H,1,14,16H2,2-5H3,(H,27,32)(H,28,33)/t23-/m1/s1. The molecule has 2 aromatic carbocycles. The molecule has 8 heteroatoms. The number of nitrogens with one attached hydrogen (secondary N) is 2. The molecule has 0 unspecified atom stereocenters. The molecule has 0 aliphatic rings. The number of rotatable bonds is 10. The van der Waals surface area contributed by atoms with Crippen molar-refractivity contribution in [2.75, 3.05) is 11.1 Å². The van der Waals surface area contributed by atoms with Crippen LogP contribution < -0.4 is 10.6 Å². The van der Waals surface area contributed by atoms with Gasteiger partial charge in [-0.2, -0.15) is 0 Å². The zero-order valence-electron chi connectivity index (χ0n) is 20.0. The molecule has 3 rings (SSSR count). The predicted octanol–water partition coefficient (Wildman–Crippen LogP) is 4.94. The van der Waals surface area contributed by atoms with Gasteiger partial charge >= 0.3 is 0 Å². The molecule has 0 spiro atoms. The van der Waals surface area contributed by atoms with Gasteiger partial charge in [-0.05, 0) is 43.5 Å². The topological polar surface area (TPSA) is 88.9 Å². The quantitative estimate of drug-likeness (QED) is 0.319. The number of nitrogens with zero attached hydrogens (tertiary/aromatic N) is 3. The minimum Gasteiger partial charge on any atom is -0.342 e. The van der Waals surface area contributed by atoms with Crippen molar-refractivity contribution in [3.05, 3.63) is 83.7 Å². The second-order valence-electron chi connectivity index (χ2n) is 8.46. The molecule has 0 aliphatic carbocycles. The molecule has 0 aliphatic heterocycles. The summed E-state index contributed by atoms with van der Waals surface area (Å²) >= 11 is 1.30. The van der Waals surface area contributed by atoms with Crippen LogP contribution in [0.1, 0.15) is 47.2 Å². The molecule has 3 aromatic rings. The van der Waals surface area contributed by atoms with E-state index in [9.17, 15) is 9.59 Å². The van der Waals surface area contributed by atoms with Gasteiger partial charge in [0.05, 0.1) is 11.8 Å². The van der Waals surface area contributed by atoms with Crippen LogP contribution in [0.4, 0.5) is 5.69 Å². The third kappa shape index (κ3) is 6.35. The number of benzene rings is 2. The van der Waals surface area contributed by atoms with Gasteiger partial charge in [-0.1, -0.05) is 67.6 Å². The number of para-hydroxylation sites is 1. The Hall–Kier alpha value is -3.39. The van der Waals surface area contributed by atoms with Gasteiger partial charge in [0.1, 0.15) is 0 Å². The average Bonchev–Trinajstić information content (AvgIpc) is 3.19. The first-order chi connectivity index (χ1) is 16.3. The Morgan fingerprint density at radius 1 is 1.12 bits per heavy atom. The number of aromatic nitrogens is 3. The van der Waals surface area contributed by atoms with E-state index in [4.69, 9.17) is 0 Å². The van der Waals surface area contributed by atoms with Crippen LogP contribution in [0.2, 0.25) is 0 Å². The van der Waals surface area contributed by atoms with E-state index in [1.165, 1.54) is 11.8 Å². The van der Waals surface area contributed by atoms with Crippen LogP contribution in [0.15, 0.2) is 66.3 Å². The minimum atomic E-state index is -0.351. The number of carbonyl (C=O) groups is 2. The summed E-state index contributed by atoms with van der Waals surface area (Å²) in [6.45, 7) is 12.3. The number of thioether (sulfide) groups is 1. The van der Waals surface area contributed by atoms with E-state index in [1.807, 2.05) is 74.7 Å². The van der Waals surface area contributed by atoms with Crippen molar-refractivity contribution in [1.29, 1.82) is 0 Å². The largest absolute Gasteiger partial charge is 0.342 e. The molecule has 0 saturated heterocycles. The maximum atomic E-state index is 12.9. The Kier molecular flexibility index (Phi) is 8.65. The Labute approximate surface area is 205 Å². The lowest BCUT2D eigenvalue weighted by atomic mass is 10.0. The Balaban J connectivity index is 1.76. The van der Waals surface area contributed by atoms with Gasteiger partial charge in [0, 0.05) is 17.8 Å². The fraction of sp³-hybridized carbons (Fsp3) is 0.308. The van der Waals surface area contributed by atoms with Crippen LogP contribution in [0.5, 0.6) is 0 Å². The molecule has 2 amide bonds. The fourth-order valence-corrected chi connectivity index (χ4v) is 4.26. The Bertz CT molecular complexity index is 1170. The molecule has 2 N–H and O–H groups in total. The molecular weight excluding hydrogens is 446 g/mol. The highest BCUT2D eigenvalue weighted by Gasteiger charge is 2.26. The maximum Gasteiger partial charge on any atom is 0.251 e. The van der Waals surface area contributed by atoms with Crippen molar-refractivity contribution < 1.29 is 9.59 Å². The van der Waals surface area contributed by atoms with Gasteiger partial charge in [-0.3, -0.25) is 9.59 Å². The smallest absolute Gasteiger partial charge is 0.251 e. The van der Waals surface area contributed by atoms with E-state index in [-0.39, 0.29) is 29.5 Å². The number of carbonyl (C=O) groups excluding carboxylic acids is 2. The summed E-state index contributed by atoms with van der Waals surface area (Å²) in [5.41, 5.74) is 3.41. The summed E-state index contributed by atoms with van der Waals surface area (Å²) in [5.74, 6) is 0.608. The summed E-state index contributed by atoms with van der Waals surface area (Å²) in [4.78, 5) is 25.4. The van der Waals surface area contributed by atoms with Crippen LogP contribution in [0, 0.1) is 19.8 Å². The van der Waals surface area contributed by atoms with Gasteiger partial charge < -0.3 is 15.2 Å². The average molecular weight is 478 g/mol. The lowest BCUT2D eigenvalue weighted by molar-refractivity contribution is -0.113. The molecular formula is C26H31N5O2S. The zero-order valence-corrected chi connectivity index (χ0v) is 20.9. The van der Waals surface area contributed by atoms with Gasteiger partial charge in [-0.25, -0.2) is 0 Å². The summed E-state index contributed by atoms with van der Waals surface area (Å²) in [6, 6.07) is 14.8. The molecule has 0 bridgehead atoms. The number of anilines is 1. The first-order valence-electron chi connectivity index (χ1n) is 11.2. The zero-order chi connectivity index (χ0) is 24.7. The molecule has 1 aromatic heterocycles. The highest BCUT2D eigenvalue weighted by atomic mass is 32.2. The van der Waals surface area contributed by atoms with Crippen molar-refractivity contribution in [3.63, 3.8) is 0 Å². The summed E-state index contributed by atoms with van der Waals surface area (Å²) in [5, 5.41) is 15.4. The molecule has 0 saturated carbocycles. The van der Waals surface area contributed by atoms with Crippen LogP contribution in [0.25, 0.3) is 0 Å². The molecule has 1 heterocycles. The third-order valence-corrected chi connectivity index (χ3v) is 6.29. The van der Waals surface area contributed by atoms with E-state index in [2.05, 4.69) is 27.4 Å². The molecule has 34 heavy (non-hydrogen) atoms. The van der Waals surface area contributed by atoms with Crippen molar-refractivity contribution in [2.45, 2.75) is 45.4 Å². The van der Waals surface area contributed by atoms with Crippen molar-refractivity contribution in [1.82, 2.24) is 20.1 Å². The highest BCUT2D eigenvalue weighted by Crippen LogP contribution is 2.26. The van der Waals surface area contributed by atoms with E-state index in [1.54, 1.807) is 12.1 Å². The van der Waals surface area contributed by atoms with Gasteiger partial charge in [0.2, 0.25) is 5.91 Å². The number of hydrogen-bond acceptors (Lipinski definition) is 5. The predicted molar refractivity (Wildman–Crippen MR) is 137 cm³/mol. The second kappa shape index (κ2) is 11.7. The highest BCUT2D eigenvalue weighted by molar-refractivity contribution is 7.99. The first kappa shape index (κ1) is 25.2. The number of allylic oxidation sites excluding steroid dienone is 1. The number of hydrogen-bond donors (Lipinski definition) is 2. The van der Waals surface area contributed by atoms with Crippen molar-refractivity contribution >= 4 is 29.3 Å². The fourth-order valence-electron chi connectivity index (χ4n) is 3.51. The van der Waals surface area contributed by atoms with E-state index in [0.29, 0.717) is 23.1 Å². The monoisotopic (exact) mass is 477 g/mol. The maximum absolute atomic E-state index is 12.9. The first-order valence-corrected chi connectivity index (χ1v) is 12.2. The lowest BCUT2D eigenvalue weighted by Gasteiger charge is -2.22. The Morgan fingerprint density at radius 3 is 2.56 bits per heavy atom. The van der Waals surface area contributed by atoms with Gasteiger partial charge in [-0.15, -0.1) is 16.8 Å². The number of amides is 2. The summed E-state index contributed by atoms with van der Waals surface area (Å²) in [6.07, 6.45) is 1.75. The van der Waals surface area contributed by atoms with E-state index < -0.39 is 0 Å². The van der Waals surface area contributed by atoms with Crippen LogP contribution in [0.3, 0.4) is 0 Å². The Morgan fingerprint density at radius 2 is 1.88 bits per heavy atom. The number of aryl methyl sites for hydroxylation is 2. The van der Waals surface area contributed by atoms with E-state index in [0.717, 1.165) is 16.8 Å². The molecule has 7 nitrogen and oxygen atoms in total. The second-order valence-corrected chi connectivity index (χ2v) is 9.40. The van der Waals surface area contributed by atoms with Gasteiger partial charge in [0.15, 0.2) is 11.0 Å². The van der Waals surface area contributed by atoms with Gasteiger partial charge in [0.25, 0.3) is 5.91 Å².